The van der Waals surface area contributed by atoms with Gasteiger partial charge in [0.05, 0.1) is 0 Å². The smallest absolute Gasteiger partial charge is 0.123 e. The third-order valence-corrected chi connectivity index (χ3v) is 4.52. The van der Waals surface area contributed by atoms with Crippen molar-refractivity contribution in [2.45, 2.75) is 45.6 Å². The van der Waals surface area contributed by atoms with Crippen molar-refractivity contribution in [1.82, 2.24) is 10.2 Å². The van der Waals surface area contributed by atoms with E-state index in [-0.39, 0.29) is 5.82 Å². The number of benzene rings is 1. The molecule has 21 heavy (non-hydrogen) atoms. The van der Waals surface area contributed by atoms with Crippen molar-refractivity contribution in [2.24, 2.45) is 5.92 Å². The topological polar surface area (TPSA) is 15.3 Å². The van der Waals surface area contributed by atoms with Gasteiger partial charge in [-0.25, -0.2) is 4.39 Å². The van der Waals surface area contributed by atoms with E-state index in [1.165, 1.54) is 31.5 Å². The predicted octanol–water partition coefficient (Wildman–Crippen LogP) is 3.99. The molecule has 2 rings (SSSR count). The molecule has 0 saturated carbocycles. The lowest BCUT2D eigenvalue weighted by Gasteiger charge is -2.31. The number of halogens is 1. The highest BCUT2D eigenvalue weighted by atomic mass is 19.1. The zero-order chi connectivity index (χ0) is 15.1. The Labute approximate surface area is 128 Å². The van der Waals surface area contributed by atoms with Gasteiger partial charge >= 0.3 is 0 Å². The normalized spacial score (nSPS) is 18.8. The Morgan fingerprint density at radius 3 is 2.52 bits per heavy atom. The summed E-state index contributed by atoms with van der Waals surface area (Å²) in [6.45, 7) is 9.13. The molecule has 0 aliphatic carbocycles. The lowest BCUT2D eigenvalue weighted by molar-refractivity contribution is 0.184. The highest BCUT2D eigenvalue weighted by Crippen LogP contribution is 2.21. The van der Waals surface area contributed by atoms with Crippen LogP contribution in [0.15, 0.2) is 24.3 Å². The van der Waals surface area contributed by atoms with Gasteiger partial charge in [-0.05, 0) is 75.5 Å². The van der Waals surface area contributed by atoms with Crippen LogP contribution in [-0.2, 0) is 0 Å². The first-order valence-electron chi connectivity index (χ1n) is 8.40. The van der Waals surface area contributed by atoms with E-state index >= 15 is 0 Å². The van der Waals surface area contributed by atoms with Crippen LogP contribution < -0.4 is 5.32 Å². The Balaban J connectivity index is 1.88. The Kier molecular flexibility index (Phi) is 6.65. The van der Waals surface area contributed by atoms with Crippen molar-refractivity contribution in [3.63, 3.8) is 0 Å². The molecule has 3 heteroatoms. The maximum absolute atomic E-state index is 13.1. The summed E-state index contributed by atoms with van der Waals surface area (Å²) in [6.07, 6.45) is 4.87. The van der Waals surface area contributed by atoms with E-state index in [4.69, 9.17) is 0 Å². The molecule has 1 heterocycles. The molecule has 1 atom stereocenters. The zero-order valence-electron chi connectivity index (χ0n) is 13.4. The summed E-state index contributed by atoms with van der Waals surface area (Å²) in [5.74, 6) is 0.727. The second kappa shape index (κ2) is 8.50. The quantitative estimate of drug-likeness (QED) is 0.817. The zero-order valence-corrected chi connectivity index (χ0v) is 13.4. The molecule has 1 aliphatic heterocycles. The summed E-state index contributed by atoms with van der Waals surface area (Å²) in [4.78, 5) is 2.57. The SMILES string of the molecule is CCCNC(CCN1CCC(C)CC1)c1ccc(F)cc1. The van der Waals surface area contributed by atoms with Crippen LogP contribution in [0.4, 0.5) is 4.39 Å². The molecule has 2 nitrogen and oxygen atoms in total. The first-order valence-corrected chi connectivity index (χ1v) is 8.40. The lowest BCUT2D eigenvalue weighted by Crippen LogP contribution is -2.35. The summed E-state index contributed by atoms with van der Waals surface area (Å²) < 4.78 is 13.1. The lowest BCUT2D eigenvalue weighted by atomic mass is 9.98. The van der Waals surface area contributed by atoms with Crippen molar-refractivity contribution in [3.8, 4) is 0 Å². The Hall–Kier alpha value is -0.930. The molecule has 1 aromatic carbocycles. The summed E-state index contributed by atoms with van der Waals surface area (Å²) in [5, 5.41) is 3.60. The molecule has 1 aliphatic rings. The monoisotopic (exact) mass is 292 g/mol. The summed E-state index contributed by atoms with van der Waals surface area (Å²) >= 11 is 0. The van der Waals surface area contributed by atoms with E-state index < -0.39 is 0 Å². The Bertz CT molecular complexity index is 396. The van der Waals surface area contributed by atoms with Crippen molar-refractivity contribution < 1.29 is 4.39 Å². The van der Waals surface area contributed by atoms with E-state index in [0.29, 0.717) is 6.04 Å². The molecular weight excluding hydrogens is 263 g/mol. The van der Waals surface area contributed by atoms with E-state index in [9.17, 15) is 4.39 Å². The molecular formula is C18H29FN2. The fourth-order valence-electron chi connectivity index (χ4n) is 3.00. The van der Waals surface area contributed by atoms with Crippen molar-refractivity contribution in [1.29, 1.82) is 0 Å². The van der Waals surface area contributed by atoms with E-state index in [1.54, 1.807) is 12.1 Å². The highest BCUT2D eigenvalue weighted by Gasteiger charge is 2.17. The number of hydrogen-bond donors (Lipinski definition) is 1. The maximum atomic E-state index is 13.1. The number of nitrogens with one attached hydrogen (secondary N) is 1. The number of piperidine rings is 1. The van der Waals surface area contributed by atoms with Gasteiger partial charge < -0.3 is 10.2 Å². The average Bonchev–Trinajstić information content (AvgIpc) is 2.50. The summed E-state index contributed by atoms with van der Waals surface area (Å²) in [6, 6.07) is 7.31. The van der Waals surface area contributed by atoms with Crippen LogP contribution in [0.3, 0.4) is 0 Å². The van der Waals surface area contributed by atoms with Gasteiger partial charge in [-0.2, -0.15) is 0 Å². The van der Waals surface area contributed by atoms with Gasteiger partial charge in [0.15, 0.2) is 0 Å². The van der Waals surface area contributed by atoms with E-state index in [0.717, 1.165) is 31.8 Å². The predicted molar refractivity (Wildman–Crippen MR) is 86.9 cm³/mol. The maximum Gasteiger partial charge on any atom is 0.123 e. The molecule has 1 fully saturated rings. The second-order valence-corrected chi connectivity index (χ2v) is 6.37. The third kappa shape index (κ3) is 5.40. The minimum absolute atomic E-state index is 0.155. The van der Waals surface area contributed by atoms with Crippen LogP contribution in [0, 0.1) is 11.7 Å². The van der Waals surface area contributed by atoms with Crippen LogP contribution in [-0.4, -0.2) is 31.1 Å². The Morgan fingerprint density at radius 2 is 1.90 bits per heavy atom. The highest BCUT2D eigenvalue weighted by molar-refractivity contribution is 5.20. The number of nitrogens with zero attached hydrogens (tertiary/aromatic N) is 1. The molecule has 0 radical (unpaired) electrons. The standard InChI is InChI=1S/C18H29FN2/c1-3-11-20-18(16-4-6-17(19)7-5-16)10-14-21-12-8-15(2)9-13-21/h4-7,15,18,20H,3,8-14H2,1-2H3. The Morgan fingerprint density at radius 1 is 1.24 bits per heavy atom. The minimum atomic E-state index is -0.155. The van der Waals surface area contributed by atoms with Crippen LogP contribution in [0.25, 0.3) is 0 Å². The second-order valence-electron chi connectivity index (χ2n) is 6.37. The number of likely N-dealkylation sites (tertiary alicyclic amines) is 1. The molecule has 0 aromatic heterocycles. The van der Waals surface area contributed by atoms with E-state index in [1.807, 2.05) is 12.1 Å². The third-order valence-electron chi connectivity index (χ3n) is 4.52. The first kappa shape index (κ1) is 16.4. The molecule has 118 valence electrons. The molecule has 0 bridgehead atoms. The van der Waals surface area contributed by atoms with Crippen molar-refractivity contribution in [2.75, 3.05) is 26.2 Å². The van der Waals surface area contributed by atoms with Crippen molar-refractivity contribution >= 4 is 0 Å². The number of rotatable bonds is 7. The van der Waals surface area contributed by atoms with Gasteiger partial charge in [-0.1, -0.05) is 26.0 Å². The van der Waals surface area contributed by atoms with Crippen LogP contribution in [0.2, 0.25) is 0 Å². The fraction of sp³-hybridized carbons (Fsp3) is 0.667. The summed E-state index contributed by atoms with van der Waals surface area (Å²) in [5.41, 5.74) is 1.20. The van der Waals surface area contributed by atoms with Crippen LogP contribution in [0.1, 0.15) is 51.1 Å². The average molecular weight is 292 g/mol. The van der Waals surface area contributed by atoms with Gasteiger partial charge in [0.1, 0.15) is 5.82 Å². The van der Waals surface area contributed by atoms with Gasteiger partial charge in [-0.15, -0.1) is 0 Å². The van der Waals surface area contributed by atoms with Gasteiger partial charge in [0, 0.05) is 6.04 Å². The molecule has 1 aromatic rings. The minimum Gasteiger partial charge on any atom is -0.310 e. The van der Waals surface area contributed by atoms with Crippen LogP contribution in [0.5, 0.6) is 0 Å². The summed E-state index contributed by atoms with van der Waals surface area (Å²) in [7, 11) is 0. The largest absolute Gasteiger partial charge is 0.310 e. The first-order chi connectivity index (χ1) is 10.2. The molecule has 1 saturated heterocycles. The molecule has 0 amide bonds. The van der Waals surface area contributed by atoms with Crippen LogP contribution >= 0.6 is 0 Å². The molecule has 0 spiro atoms. The van der Waals surface area contributed by atoms with E-state index in [2.05, 4.69) is 24.1 Å². The molecule has 1 unspecified atom stereocenters. The van der Waals surface area contributed by atoms with Gasteiger partial charge in [0.2, 0.25) is 0 Å². The van der Waals surface area contributed by atoms with Crippen molar-refractivity contribution in [3.05, 3.63) is 35.6 Å². The number of hydrogen-bond acceptors (Lipinski definition) is 2. The van der Waals surface area contributed by atoms with Gasteiger partial charge in [0.25, 0.3) is 0 Å². The molecule has 1 N–H and O–H groups in total. The van der Waals surface area contributed by atoms with Gasteiger partial charge in [-0.3, -0.25) is 0 Å². The fourth-order valence-corrected chi connectivity index (χ4v) is 3.00.